The molecular weight excluding hydrogens is 428 g/mol. The summed E-state index contributed by atoms with van der Waals surface area (Å²) in [5, 5.41) is 0.841. The second kappa shape index (κ2) is 10.1. The number of hydrogen-bond donors (Lipinski definition) is 0. The average molecular weight is 481 g/mol. The highest BCUT2D eigenvalue weighted by Gasteiger charge is 2.60. The Bertz CT molecular complexity index is 800. The van der Waals surface area contributed by atoms with Gasteiger partial charge in [-0.1, -0.05) is 72.1 Å². The molecule has 0 nitrogen and oxygen atoms in total. The van der Waals surface area contributed by atoms with E-state index in [4.69, 9.17) is 0 Å². The van der Waals surface area contributed by atoms with Gasteiger partial charge in [0.05, 0.1) is 0 Å². The maximum absolute atomic E-state index is 2.76. The fourth-order valence-corrected chi connectivity index (χ4v) is 11.3. The van der Waals surface area contributed by atoms with E-state index in [9.17, 15) is 0 Å². The summed E-state index contributed by atoms with van der Waals surface area (Å²) in [6.07, 6.45) is 17.9. The average Bonchev–Trinajstić information content (AvgIpc) is 3.17. The summed E-state index contributed by atoms with van der Waals surface area (Å²) in [7, 11) is 0. The van der Waals surface area contributed by atoms with Crippen LogP contribution in [0.15, 0.2) is 35.2 Å². The van der Waals surface area contributed by atoms with Gasteiger partial charge in [-0.15, -0.1) is 11.8 Å². The van der Waals surface area contributed by atoms with E-state index in [1.165, 1.54) is 69.1 Å². The second-order valence-corrected chi connectivity index (χ2v) is 15.4. The number of rotatable bonds is 7. The van der Waals surface area contributed by atoms with Crippen molar-refractivity contribution in [3.63, 3.8) is 0 Å². The Kier molecular flexibility index (Phi) is 7.53. The molecule has 1 heteroatoms. The molecule has 0 spiro atoms. The Hall–Kier alpha value is -0.430. The van der Waals surface area contributed by atoms with Crippen molar-refractivity contribution in [1.29, 1.82) is 0 Å². The van der Waals surface area contributed by atoms with Crippen molar-refractivity contribution in [3.05, 3.63) is 30.3 Å². The van der Waals surface area contributed by atoms with Crippen LogP contribution in [-0.4, -0.2) is 5.25 Å². The fraction of sp³-hybridized carbons (Fsp3) is 0.818. The van der Waals surface area contributed by atoms with Crippen molar-refractivity contribution in [2.24, 2.45) is 52.3 Å². The summed E-state index contributed by atoms with van der Waals surface area (Å²) in [6.45, 7) is 12.9. The minimum Gasteiger partial charge on any atom is -0.123 e. The Morgan fingerprint density at radius 3 is 2.32 bits per heavy atom. The molecule has 4 fully saturated rings. The van der Waals surface area contributed by atoms with Gasteiger partial charge in [-0.25, -0.2) is 0 Å². The third-order valence-corrected chi connectivity index (χ3v) is 13.2. The maximum Gasteiger partial charge on any atom is 0.00974 e. The van der Waals surface area contributed by atoms with Gasteiger partial charge in [0, 0.05) is 10.1 Å². The smallest absolute Gasteiger partial charge is 0.00974 e. The van der Waals surface area contributed by atoms with Crippen LogP contribution in [0.25, 0.3) is 0 Å². The minimum atomic E-state index is 0.624. The van der Waals surface area contributed by atoms with Gasteiger partial charge < -0.3 is 0 Å². The lowest BCUT2D eigenvalue weighted by Gasteiger charge is -2.61. The summed E-state index contributed by atoms with van der Waals surface area (Å²) in [5.41, 5.74) is 1.26. The summed E-state index contributed by atoms with van der Waals surface area (Å²) in [6, 6.07) is 11.2. The van der Waals surface area contributed by atoms with E-state index < -0.39 is 0 Å². The first kappa shape index (κ1) is 25.2. The van der Waals surface area contributed by atoms with Gasteiger partial charge in [0.1, 0.15) is 0 Å². The number of benzene rings is 1. The highest BCUT2D eigenvalue weighted by molar-refractivity contribution is 8.00. The van der Waals surface area contributed by atoms with E-state index in [1.807, 2.05) is 0 Å². The van der Waals surface area contributed by atoms with Gasteiger partial charge in [-0.2, -0.15) is 0 Å². The normalized spacial score (nSPS) is 42.6. The van der Waals surface area contributed by atoms with Crippen LogP contribution in [0, 0.1) is 52.3 Å². The van der Waals surface area contributed by atoms with Crippen molar-refractivity contribution in [2.75, 3.05) is 0 Å². The predicted octanol–water partition coefficient (Wildman–Crippen LogP) is 10.3. The third-order valence-electron chi connectivity index (χ3n) is 11.9. The lowest BCUT2D eigenvalue weighted by molar-refractivity contribution is -0.113. The molecule has 0 radical (unpaired) electrons. The summed E-state index contributed by atoms with van der Waals surface area (Å²) >= 11 is 2.17. The molecule has 4 aliphatic rings. The van der Waals surface area contributed by atoms with E-state index in [2.05, 4.69) is 76.7 Å². The van der Waals surface area contributed by atoms with Crippen LogP contribution in [0.2, 0.25) is 0 Å². The highest BCUT2D eigenvalue weighted by atomic mass is 32.2. The lowest BCUT2D eigenvalue weighted by atomic mass is 9.44. The van der Waals surface area contributed by atoms with Crippen LogP contribution in [-0.2, 0) is 0 Å². The molecule has 0 aromatic heterocycles. The third kappa shape index (κ3) is 4.66. The molecule has 4 aliphatic carbocycles. The van der Waals surface area contributed by atoms with Crippen LogP contribution >= 0.6 is 11.8 Å². The van der Waals surface area contributed by atoms with E-state index in [-0.39, 0.29) is 0 Å². The van der Waals surface area contributed by atoms with E-state index in [0.29, 0.717) is 10.8 Å². The number of thioether (sulfide) groups is 1. The molecule has 0 bridgehead atoms. The minimum absolute atomic E-state index is 0.624. The monoisotopic (exact) mass is 480 g/mol. The van der Waals surface area contributed by atoms with Gasteiger partial charge >= 0.3 is 0 Å². The topological polar surface area (TPSA) is 0 Å². The first-order valence-electron chi connectivity index (χ1n) is 15.0. The van der Waals surface area contributed by atoms with Crippen LogP contribution in [0.3, 0.4) is 0 Å². The molecule has 1 aromatic carbocycles. The van der Waals surface area contributed by atoms with E-state index >= 15 is 0 Å². The van der Waals surface area contributed by atoms with Crippen LogP contribution < -0.4 is 0 Å². The first-order chi connectivity index (χ1) is 16.3. The first-order valence-corrected chi connectivity index (χ1v) is 15.9. The molecular formula is C33H52S. The molecule has 0 N–H and O–H groups in total. The standard InChI is InChI=1S/C33H52S/c1-23(2)10-9-11-24(3)29-16-17-30-28-15-14-25-22-27(34-26-12-7-6-8-13-26)18-20-32(25,4)31(28)19-21-33(29,30)5/h6-8,12-13,23-25,27-31H,9-11,14-22H2,1-5H3/t24-,25?,27+,28+,29-,30+,31+,32+,33-/m1/s1. The van der Waals surface area contributed by atoms with Crippen LogP contribution in [0.1, 0.15) is 112 Å². The SMILES string of the molecule is CC(C)CCC[C@@H](C)[C@H]1CC[C@H]2[C@@H]3CCC4C[C@@H](Sc5ccccc5)CC[C@]4(C)[C@H]3CC[C@]12C. The lowest BCUT2D eigenvalue weighted by Crippen LogP contribution is -2.54. The zero-order chi connectivity index (χ0) is 23.9. The molecule has 4 saturated carbocycles. The van der Waals surface area contributed by atoms with Gasteiger partial charge in [0.15, 0.2) is 0 Å². The molecule has 1 aromatic rings. The Morgan fingerprint density at radius 2 is 1.56 bits per heavy atom. The zero-order valence-corrected chi connectivity index (χ0v) is 23.7. The van der Waals surface area contributed by atoms with Crippen LogP contribution in [0.4, 0.5) is 0 Å². The predicted molar refractivity (Wildman–Crippen MR) is 149 cm³/mol. The molecule has 34 heavy (non-hydrogen) atoms. The summed E-state index contributed by atoms with van der Waals surface area (Å²) in [5.74, 6) is 6.84. The second-order valence-electron chi connectivity index (χ2n) is 14.0. The summed E-state index contributed by atoms with van der Waals surface area (Å²) < 4.78 is 0. The van der Waals surface area contributed by atoms with Gasteiger partial charge in [-0.05, 0) is 122 Å². The van der Waals surface area contributed by atoms with E-state index in [0.717, 1.165) is 46.7 Å². The zero-order valence-electron chi connectivity index (χ0n) is 22.9. The molecule has 0 aliphatic heterocycles. The van der Waals surface area contributed by atoms with Crippen LogP contribution in [0.5, 0.6) is 0 Å². The Morgan fingerprint density at radius 1 is 0.824 bits per heavy atom. The molecule has 0 heterocycles. The summed E-state index contributed by atoms with van der Waals surface area (Å²) in [4.78, 5) is 1.48. The largest absolute Gasteiger partial charge is 0.123 e. The van der Waals surface area contributed by atoms with Crippen molar-refractivity contribution in [1.82, 2.24) is 0 Å². The molecule has 190 valence electrons. The highest BCUT2D eigenvalue weighted by Crippen LogP contribution is 2.68. The molecule has 1 unspecified atom stereocenters. The fourth-order valence-electron chi connectivity index (χ4n) is 10.0. The Balaban J connectivity index is 1.24. The van der Waals surface area contributed by atoms with E-state index in [1.54, 1.807) is 12.8 Å². The van der Waals surface area contributed by atoms with Crippen molar-refractivity contribution < 1.29 is 0 Å². The maximum atomic E-state index is 2.76. The molecule has 0 amide bonds. The van der Waals surface area contributed by atoms with Gasteiger partial charge in [0.25, 0.3) is 0 Å². The molecule has 5 rings (SSSR count). The van der Waals surface area contributed by atoms with Crippen molar-refractivity contribution >= 4 is 11.8 Å². The quantitative estimate of drug-likeness (QED) is 0.374. The van der Waals surface area contributed by atoms with Gasteiger partial charge in [0.2, 0.25) is 0 Å². The molecule has 0 saturated heterocycles. The van der Waals surface area contributed by atoms with Crippen molar-refractivity contribution in [3.8, 4) is 0 Å². The van der Waals surface area contributed by atoms with Gasteiger partial charge in [-0.3, -0.25) is 0 Å². The van der Waals surface area contributed by atoms with Crippen molar-refractivity contribution in [2.45, 2.75) is 122 Å². The number of hydrogen-bond acceptors (Lipinski definition) is 1. The Labute approximate surface area is 215 Å². The number of fused-ring (bicyclic) bond motifs is 5. The molecule has 9 atom stereocenters.